The molecule has 3 aromatic rings. The third-order valence-corrected chi connectivity index (χ3v) is 5.51. The van der Waals surface area contributed by atoms with Gasteiger partial charge in [-0.2, -0.15) is 9.97 Å². The largest absolute Gasteiger partial charge is 0.481 e. The second kappa shape index (κ2) is 10.7. The van der Waals surface area contributed by atoms with E-state index < -0.39 is 0 Å². The van der Waals surface area contributed by atoms with Crippen molar-refractivity contribution in [2.75, 3.05) is 32.6 Å². The molecular formula is C25H28N4O4. The van der Waals surface area contributed by atoms with Crippen molar-refractivity contribution in [1.29, 1.82) is 0 Å². The first-order valence-corrected chi connectivity index (χ1v) is 11.0. The van der Waals surface area contributed by atoms with Crippen molar-refractivity contribution in [2.45, 2.75) is 25.8 Å². The first-order chi connectivity index (χ1) is 16.2. The summed E-state index contributed by atoms with van der Waals surface area (Å²) in [4.78, 5) is 23.1. The molecule has 8 nitrogen and oxygen atoms in total. The Bertz CT molecular complexity index is 1060. The van der Waals surface area contributed by atoms with Gasteiger partial charge in [0.1, 0.15) is 5.75 Å². The molecule has 0 atom stereocenters. The van der Waals surface area contributed by atoms with E-state index in [9.17, 15) is 4.79 Å². The molecule has 1 saturated heterocycles. The summed E-state index contributed by atoms with van der Waals surface area (Å²) in [5, 5.41) is 3.38. The van der Waals surface area contributed by atoms with Gasteiger partial charge >= 0.3 is 6.01 Å². The molecule has 0 bridgehead atoms. The highest BCUT2D eigenvalue weighted by Gasteiger charge is 2.18. The fourth-order valence-electron chi connectivity index (χ4n) is 3.69. The number of methoxy groups -OCH3 is 2. The average Bonchev–Trinajstić information content (AvgIpc) is 2.88. The summed E-state index contributed by atoms with van der Waals surface area (Å²) in [6.45, 7) is 2.22. The number of anilines is 1. The van der Waals surface area contributed by atoms with E-state index in [2.05, 4.69) is 15.3 Å². The monoisotopic (exact) mass is 448 g/mol. The topological polar surface area (TPSA) is 85.8 Å². The fraction of sp³-hybridized carbons (Fsp3) is 0.320. The van der Waals surface area contributed by atoms with E-state index in [1.54, 1.807) is 6.07 Å². The molecule has 0 unspecified atom stereocenters. The summed E-state index contributed by atoms with van der Waals surface area (Å²) >= 11 is 0. The Morgan fingerprint density at radius 2 is 1.61 bits per heavy atom. The van der Waals surface area contributed by atoms with Crippen molar-refractivity contribution in [1.82, 2.24) is 14.9 Å². The van der Waals surface area contributed by atoms with E-state index in [-0.39, 0.29) is 11.9 Å². The smallest absolute Gasteiger partial charge is 0.328 e. The number of amides is 1. The zero-order valence-electron chi connectivity index (χ0n) is 18.9. The molecule has 0 radical (unpaired) electrons. The number of likely N-dealkylation sites (tertiary alicyclic amines) is 1. The Morgan fingerprint density at radius 3 is 2.27 bits per heavy atom. The van der Waals surface area contributed by atoms with Crippen LogP contribution in [-0.2, 0) is 6.54 Å². The minimum absolute atomic E-state index is 0.105. The molecule has 2 aromatic carbocycles. The van der Waals surface area contributed by atoms with Crippen molar-refractivity contribution >= 4 is 11.6 Å². The molecule has 2 heterocycles. The normalized spacial score (nSPS) is 13.3. The zero-order valence-corrected chi connectivity index (χ0v) is 18.9. The van der Waals surface area contributed by atoms with Crippen LogP contribution < -0.4 is 19.5 Å². The Labute approximate surface area is 193 Å². The van der Waals surface area contributed by atoms with E-state index >= 15 is 0 Å². The summed E-state index contributed by atoms with van der Waals surface area (Å²) in [5.41, 5.74) is 2.56. The van der Waals surface area contributed by atoms with Crippen LogP contribution in [0.1, 0.15) is 35.2 Å². The van der Waals surface area contributed by atoms with Gasteiger partial charge in [-0.25, -0.2) is 0 Å². The highest BCUT2D eigenvalue weighted by atomic mass is 16.5. The van der Waals surface area contributed by atoms with Crippen LogP contribution >= 0.6 is 0 Å². The Morgan fingerprint density at radius 1 is 0.939 bits per heavy atom. The van der Waals surface area contributed by atoms with Crippen LogP contribution in [0.15, 0.2) is 54.6 Å². The van der Waals surface area contributed by atoms with Crippen LogP contribution in [0.3, 0.4) is 0 Å². The number of carbonyl (C=O) groups excluding carboxylic acids is 1. The van der Waals surface area contributed by atoms with Crippen molar-refractivity contribution in [3.05, 3.63) is 65.7 Å². The Balaban J connectivity index is 1.42. The van der Waals surface area contributed by atoms with Gasteiger partial charge in [-0.15, -0.1) is 0 Å². The molecule has 0 spiro atoms. The molecule has 1 aromatic heterocycles. The third kappa shape index (κ3) is 5.71. The van der Waals surface area contributed by atoms with Gasteiger partial charge in [0, 0.05) is 36.4 Å². The maximum Gasteiger partial charge on any atom is 0.328 e. The number of hydrogen-bond acceptors (Lipinski definition) is 7. The van der Waals surface area contributed by atoms with E-state index in [0.717, 1.165) is 42.7 Å². The molecule has 0 saturated carbocycles. The molecule has 1 fully saturated rings. The predicted molar refractivity (Wildman–Crippen MR) is 125 cm³/mol. The molecule has 1 aliphatic heterocycles. The summed E-state index contributed by atoms with van der Waals surface area (Å²) < 4.78 is 16.3. The SMILES string of the molecule is COc1cc(OC)nc(Oc2ccccc2CNc2ccc(C(=O)N3CCCCC3)cc2)n1. The summed E-state index contributed by atoms with van der Waals surface area (Å²) in [7, 11) is 3.05. The third-order valence-electron chi connectivity index (χ3n) is 5.51. The maximum absolute atomic E-state index is 12.7. The summed E-state index contributed by atoms with van der Waals surface area (Å²) in [6.07, 6.45) is 3.37. The van der Waals surface area contributed by atoms with Gasteiger partial charge in [0.2, 0.25) is 11.8 Å². The molecular weight excluding hydrogens is 420 g/mol. The number of carbonyl (C=O) groups is 1. The van der Waals surface area contributed by atoms with Gasteiger partial charge in [0.25, 0.3) is 5.91 Å². The van der Waals surface area contributed by atoms with E-state index in [0.29, 0.717) is 24.1 Å². The van der Waals surface area contributed by atoms with E-state index in [1.165, 1.54) is 20.6 Å². The Hall–Kier alpha value is -3.81. The van der Waals surface area contributed by atoms with E-state index in [4.69, 9.17) is 14.2 Å². The highest BCUT2D eigenvalue weighted by molar-refractivity contribution is 5.94. The van der Waals surface area contributed by atoms with Crippen molar-refractivity contribution in [3.8, 4) is 23.5 Å². The summed E-state index contributed by atoms with van der Waals surface area (Å²) in [5.74, 6) is 1.43. The highest BCUT2D eigenvalue weighted by Crippen LogP contribution is 2.27. The van der Waals surface area contributed by atoms with Gasteiger partial charge in [-0.05, 0) is 49.6 Å². The molecule has 172 valence electrons. The summed E-state index contributed by atoms with van der Waals surface area (Å²) in [6, 6.07) is 17.0. The molecule has 1 amide bonds. The van der Waals surface area contributed by atoms with Crippen LogP contribution in [0.2, 0.25) is 0 Å². The molecule has 33 heavy (non-hydrogen) atoms. The standard InChI is InChI=1S/C25H28N4O4/c1-31-22-16-23(32-2)28-25(27-22)33-21-9-5-4-8-19(21)17-26-20-12-10-18(11-13-20)24(30)29-14-6-3-7-15-29/h4-5,8-13,16,26H,3,6-7,14-15,17H2,1-2H3. The predicted octanol–water partition coefficient (Wildman–Crippen LogP) is 4.52. The number of nitrogens with zero attached hydrogens (tertiary/aromatic N) is 3. The van der Waals surface area contributed by atoms with Crippen LogP contribution in [-0.4, -0.2) is 48.1 Å². The first kappa shape index (κ1) is 22.4. The number of para-hydroxylation sites is 1. The molecule has 1 aliphatic rings. The molecule has 0 aliphatic carbocycles. The minimum Gasteiger partial charge on any atom is -0.481 e. The average molecular weight is 449 g/mol. The van der Waals surface area contributed by atoms with E-state index in [1.807, 2.05) is 53.4 Å². The Kier molecular flexibility index (Phi) is 7.24. The molecule has 8 heteroatoms. The lowest BCUT2D eigenvalue weighted by molar-refractivity contribution is 0.0724. The van der Waals surface area contributed by atoms with Crippen LogP contribution in [0.5, 0.6) is 23.5 Å². The van der Waals surface area contributed by atoms with Crippen LogP contribution in [0.25, 0.3) is 0 Å². The fourth-order valence-corrected chi connectivity index (χ4v) is 3.69. The van der Waals surface area contributed by atoms with Crippen molar-refractivity contribution in [3.63, 3.8) is 0 Å². The number of ether oxygens (including phenoxy) is 3. The number of nitrogens with one attached hydrogen (secondary N) is 1. The van der Waals surface area contributed by atoms with Gasteiger partial charge in [-0.1, -0.05) is 18.2 Å². The van der Waals surface area contributed by atoms with Gasteiger partial charge in [0.15, 0.2) is 0 Å². The zero-order chi connectivity index (χ0) is 23.0. The lowest BCUT2D eigenvalue weighted by Gasteiger charge is -2.26. The van der Waals surface area contributed by atoms with Crippen LogP contribution in [0.4, 0.5) is 5.69 Å². The van der Waals surface area contributed by atoms with Crippen molar-refractivity contribution in [2.24, 2.45) is 0 Å². The van der Waals surface area contributed by atoms with Gasteiger partial charge < -0.3 is 24.4 Å². The molecule has 4 rings (SSSR count). The second-order valence-corrected chi connectivity index (χ2v) is 7.73. The number of benzene rings is 2. The first-order valence-electron chi connectivity index (χ1n) is 11.0. The van der Waals surface area contributed by atoms with Crippen molar-refractivity contribution < 1.29 is 19.0 Å². The second-order valence-electron chi connectivity index (χ2n) is 7.73. The number of rotatable bonds is 8. The minimum atomic E-state index is 0.105. The number of hydrogen-bond donors (Lipinski definition) is 1. The lowest BCUT2D eigenvalue weighted by Crippen LogP contribution is -2.35. The van der Waals surface area contributed by atoms with Gasteiger partial charge in [-0.3, -0.25) is 4.79 Å². The number of aromatic nitrogens is 2. The van der Waals surface area contributed by atoms with Crippen LogP contribution in [0, 0.1) is 0 Å². The quantitative estimate of drug-likeness (QED) is 0.542. The maximum atomic E-state index is 12.7. The van der Waals surface area contributed by atoms with Gasteiger partial charge in [0.05, 0.1) is 20.3 Å². The number of piperidine rings is 1. The molecule has 1 N–H and O–H groups in total. The lowest BCUT2D eigenvalue weighted by atomic mass is 10.1.